The lowest BCUT2D eigenvalue weighted by molar-refractivity contribution is 0.733. The van der Waals surface area contributed by atoms with Crippen LogP contribution in [0.15, 0.2) is 491 Å². The van der Waals surface area contributed by atoms with Crippen molar-refractivity contribution in [2.75, 3.05) is 29.4 Å². The van der Waals surface area contributed by atoms with Gasteiger partial charge in [0, 0.05) is 102 Å². The Kier molecular flexibility index (Phi) is 26.3. The van der Waals surface area contributed by atoms with Crippen LogP contribution < -0.4 is 29.4 Å². The minimum absolute atomic E-state index is 0.546. The van der Waals surface area contributed by atoms with E-state index in [1.165, 1.54) is 70.9 Å². The van der Waals surface area contributed by atoms with Crippen LogP contribution in [0.3, 0.4) is 0 Å². The molecule has 20 aromatic rings. The summed E-state index contributed by atoms with van der Waals surface area (Å²) < 4.78 is 0. The Balaban J connectivity index is 0.000000131. The molecule has 20 rings (SSSR count). The molecule has 3 unspecified atom stereocenters. The lowest BCUT2D eigenvalue weighted by Crippen LogP contribution is -2.13. The third-order valence-corrected chi connectivity index (χ3v) is 25.3. The van der Waals surface area contributed by atoms with Crippen molar-refractivity contribution in [3.8, 4) is 11.1 Å². The number of benzene rings is 20. The number of nitrogens with zero attached hydrogens (tertiary/aromatic N) is 6. The Hall–Kier alpha value is -15.8. The molecule has 6 nitrogen and oxygen atoms in total. The predicted molar refractivity (Wildman–Crippen MR) is 559 cm³/mol. The predicted octanol–water partition coefficient (Wildman–Crippen LogP) is 36.7. The highest BCUT2D eigenvalue weighted by molar-refractivity contribution is 5.97. The van der Waals surface area contributed by atoms with Crippen LogP contribution in [0.4, 0.5) is 102 Å². The second-order valence-electron chi connectivity index (χ2n) is 33.6. The highest BCUT2D eigenvalue weighted by Crippen LogP contribution is 2.47. The molecule has 0 N–H and O–H groups in total. The number of para-hydroxylation sites is 5. The second-order valence-corrected chi connectivity index (χ2v) is 33.6. The smallest absolute Gasteiger partial charge is 0.0540 e. The van der Waals surface area contributed by atoms with E-state index in [-0.39, 0.29) is 0 Å². The largest absolute Gasteiger partial charge is 0.311 e. The molecule has 0 amide bonds. The van der Waals surface area contributed by atoms with Gasteiger partial charge in [-0.15, -0.1) is 0 Å². The Morgan fingerprint density at radius 1 is 0.154 bits per heavy atom. The highest BCUT2D eigenvalue weighted by atomic mass is 15.2. The van der Waals surface area contributed by atoms with Gasteiger partial charge in [0.15, 0.2) is 0 Å². The molecule has 130 heavy (non-hydrogen) atoms. The van der Waals surface area contributed by atoms with Crippen LogP contribution in [0.25, 0.3) is 54.2 Å². The zero-order chi connectivity index (χ0) is 88.5. The van der Waals surface area contributed by atoms with Gasteiger partial charge in [0.05, 0.1) is 5.69 Å². The average Bonchev–Trinajstić information content (AvgIpc) is 0.780. The Morgan fingerprint density at radius 3 is 0.585 bits per heavy atom. The van der Waals surface area contributed by atoms with Gasteiger partial charge >= 0.3 is 0 Å². The fraction of sp³-hybridized carbons (Fsp3) is 0.0968. The first-order valence-electron chi connectivity index (χ1n) is 45.8. The Morgan fingerprint density at radius 2 is 0.331 bits per heavy atom. The summed E-state index contributed by atoms with van der Waals surface area (Å²) in [5, 5.41) is 9.86. The van der Waals surface area contributed by atoms with Crippen molar-refractivity contribution >= 4 is 145 Å². The summed E-state index contributed by atoms with van der Waals surface area (Å²) in [6.45, 7) is 13.6. The van der Waals surface area contributed by atoms with Gasteiger partial charge in [0.25, 0.3) is 0 Å². The van der Waals surface area contributed by atoms with Crippen molar-refractivity contribution in [1.29, 1.82) is 0 Å². The molecule has 0 heterocycles. The standard InChI is InChI=1S/2C42H36N2.C40H36N2/c2*1-3-31(2)32-17-21-38(22-18-32)43(37-15-5-4-6-16-37)39-25-27-40(28-26-39)44(41-23-19-33-11-7-9-13-35(33)29-41)42-24-20-34-12-8-10-14-36(34)30-42;1-3-31(2)32-23-25-36(26-24-32)41(34-17-9-5-10-18-34)37-27-29-38(30-28-37)42(35-19-11-6-12-20-35)40-22-14-13-21-39(40)33-15-7-4-8-16-33/h2*4-31H,3H2,1-2H3;4-31H,3H2,1-2H3. The van der Waals surface area contributed by atoms with Crippen LogP contribution in [0.5, 0.6) is 0 Å². The van der Waals surface area contributed by atoms with E-state index >= 15 is 0 Å². The lowest BCUT2D eigenvalue weighted by atomic mass is 9.98. The zero-order valence-corrected chi connectivity index (χ0v) is 74.8. The third kappa shape index (κ3) is 19.2. The number of hydrogen-bond acceptors (Lipinski definition) is 6. The van der Waals surface area contributed by atoms with Gasteiger partial charge in [-0.3, -0.25) is 0 Å². The van der Waals surface area contributed by atoms with E-state index in [4.69, 9.17) is 0 Å². The summed E-state index contributed by atoms with van der Waals surface area (Å²) in [5.74, 6) is 1.64. The molecule has 0 aliphatic heterocycles. The van der Waals surface area contributed by atoms with Crippen LogP contribution in [-0.2, 0) is 0 Å². The van der Waals surface area contributed by atoms with E-state index < -0.39 is 0 Å². The molecule has 634 valence electrons. The van der Waals surface area contributed by atoms with Crippen molar-refractivity contribution in [3.05, 3.63) is 508 Å². The van der Waals surface area contributed by atoms with E-state index in [1.807, 2.05) is 0 Å². The van der Waals surface area contributed by atoms with Crippen LogP contribution in [-0.4, -0.2) is 0 Å². The molecule has 20 aromatic carbocycles. The van der Waals surface area contributed by atoms with Gasteiger partial charge in [0.1, 0.15) is 0 Å². The minimum atomic E-state index is 0.546. The number of anilines is 18. The summed E-state index contributed by atoms with van der Waals surface area (Å²) in [6.07, 6.45) is 3.40. The Labute approximate surface area is 767 Å². The lowest BCUT2D eigenvalue weighted by Gasteiger charge is -2.29. The van der Waals surface area contributed by atoms with Gasteiger partial charge < -0.3 is 29.4 Å². The third-order valence-electron chi connectivity index (χ3n) is 25.3. The van der Waals surface area contributed by atoms with E-state index in [0.717, 1.165) is 122 Å². The minimum Gasteiger partial charge on any atom is -0.311 e. The molecule has 0 spiro atoms. The second kappa shape index (κ2) is 40.3. The molecule has 0 fully saturated rings. The maximum atomic E-state index is 2.36. The van der Waals surface area contributed by atoms with Crippen molar-refractivity contribution in [2.24, 2.45) is 0 Å². The van der Waals surface area contributed by atoms with Gasteiger partial charge in [-0.1, -0.05) is 321 Å². The molecule has 0 bridgehead atoms. The summed E-state index contributed by atoms with van der Waals surface area (Å²) in [6, 6.07) is 177. The summed E-state index contributed by atoms with van der Waals surface area (Å²) in [7, 11) is 0. The number of fused-ring (bicyclic) bond motifs is 4. The molecule has 0 radical (unpaired) electrons. The molecule has 3 atom stereocenters. The zero-order valence-electron chi connectivity index (χ0n) is 74.8. The summed E-state index contributed by atoms with van der Waals surface area (Å²) >= 11 is 0. The van der Waals surface area contributed by atoms with Crippen LogP contribution in [0.1, 0.15) is 95.2 Å². The van der Waals surface area contributed by atoms with Crippen LogP contribution in [0, 0.1) is 0 Å². The summed E-state index contributed by atoms with van der Waals surface area (Å²) in [4.78, 5) is 14.1. The maximum absolute atomic E-state index is 2.36. The van der Waals surface area contributed by atoms with E-state index in [0.29, 0.717) is 17.8 Å². The topological polar surface area (TPSA) is 19.4 Å². The Bertz CT molecular complexity index is 6620. The molecule has 0 aliphatic carbocycles. The summed E-state index contributed by atoms with van der Waals surface area (Å²) in [5.41, 5.74) is 26.8. The average molecular weight is 1680 g/mol. The van der Waals surface area contributed by atoms with Crippen LogP contribution >= 0.6 is 0 Å². The van der Waals surface area contributed by atoms with Gasteiger partial charge in [0.2, 0.25) is 0 Å². The van der Waals surface area contributed by atoms with E-state index in [1.54, 1.807) is 0 Å². The van der Waals surface area contributed by atoms with Crippen molar-refractivity contribution in [2.45, 2.75) is 78.6 Å². The molecule has 0 aromatic heterocycles. The first kappa shape index (κ1) is 85.1. The van der Waals surface area contributed by atoms with Gasteiger partial charge in [-0.2, -0.15) is 0 Å². The SMILES string of the molecule is CCC(C)c1ccc(N(c2ccccc2)c2ccc(N(c3ccc4ccccc4c3)c3ccc4ccccc4c3)cc2)cc1.CCC(C)c1ccc(N(c2ccccc2)c2ccc(N(c3ccc4ccccc4c3)c3ccc4ccccc4c3)cc2)cc1.CCC(C)c1ccc(N(c2ccccc2)c2ccc(N(c3ccccc3)c3ccccc3-c3ccccc3)cc2)cc1. The quantitative estimate of drug-likeness (QED) is 0.0564. The van der Waals surface area contributed by atoms with Gasteiger partial charge in [-0.05, 0) is 315 Å². The fourth-order valence-electron chi connectivity index (χ4n) is 17.6. The molecule has 0 saturated carbocycles. The first-order valence-corrected chi connectivity index (χ1v) is 45.8. The highest BCUT2D eigenvalue weighted by Gasteiger charge is 2.24. The molecule has 6 heteroatoms. The number of rotatable bonds is 25. The first-order chi connectivity index (χ1) is 64.1. The normalized spacial score (nSPS) is 11.8. The van der Waals surface area contributed by atoms with Gasteiger partial charge in [-0.25, -0.2) is 0 Å². The number of hydrogen-bond donors (Lipinski definition) is 0. The van der Waals surface area contributed by atoms with E-state index in [9.17, 15) is 0 Å². The van der Waals surface area contributed by atoms with E-state index in [2.05, 4.69) is 562 Å². The van der Waals surface area contributed by atoms with Crippen molar-refractivity contribution < 1.29 is 0 Å². The maximum Gasteiger partial charge on any atom is 0.0540 e. The molecule has 0 aliphatic rings. The molecule has 0 saturated heterocycles. The fourth-order valence-corrected chi connectivity index (χ4v) is 17.6. The van der Waals surface area contributed by atoms with Crippen molar-refractivity contribution in [3.63, 3.8) is 0 Å². The van der Waals surface area contributed by atoms with Crippen molar-refractivity contribution in [1.82, 2.24) is 0 Å². The van der Waals surface area contributed by atoms with Crippen LogP contribution in [0.2, 0.25) is 0 Å². The monoisotopic (exact) mass is 1680 g/mol. The molecular formula is C124H108N6. The molecular weight excluding hydrogens is 1570 g/mol.